The molecule has 2 saturated carbocycles. The smallest absolute Gasteiger partial charge is 0.0233 e. The van der Waals surface area contributed by atoms with E-state index in [1.165, 1.54) is 103 Å². The number of hydrogen-bond donors (Lipinski definition) is 0. The van der Waals surface area contributed by atoms with Crippen molar-refractivity contribution in [1.29, 1.82) is 0 Å². The fourth-order valence-electron chi connectivity index (χ4n) is 5.14. The number of hydrogen-bond acceptors (Lipinski definition) is 0. The minimum absolute atomic E-state index is 0.884. The largest absolute Gasteiger partial charge is 0.103 e. The van der Waals surface area contributed by atoms with Crippen LogP contribution in [0.5, 0.6) is 0 Å². The molecule has 0 unspecified atom stereocenters. The monoisotopic (exact) mass is 344 g/mol. The number of rotatable bonds is 11. The Balaban J connectivity index is 1.50. The van der Waals surface area contributed by atoms with Gasteiger partial charge in [-0.15, -0.1) is 6.58 Å². The molecule has 0 radical (unpaired) electrons. The molecular weight excluding hydrogens is 300 g/mol. The minimum atomic E-state index is 0.884. The van der Waals surface area contributed by atoms with Gasteiger partial charge >= 0.3 is 0 Å². The summed E-state index contributed by atoms with van der Waals surface area (Å²) in [6.45, 7) is 6.18. The van der Waals surface area contributed by atoms with Crippen molar-refractivity contribution in [3.63, 3.8) is 0 Å². The Morgan fingerprint density at radius 2 is 1.28 bits per heavy atom. The van der Waals surface area contributed by atoms with Gasteiger partial charge in [-0.1, -0.05) is 76.5 Å². The van der Waals surface area contributed by atoms with Crippen molar-refractivity contribution in [3.8, 4) is 0 Å². The second-order valence-corrected chi connectivity index (χ2v) is 9.03. The van der Waals surface area contributed by atoms with Gasteiger partial charge in [0.15, 0.2) is 0 Å². The molecule has 0 aromatic carbocycles. The van der Waals surface area contributed by atoms with Crippen molar-refractivity contribution in [2.45, 2.75) is 110 Å². The fourth-order valence-corrected chi connectivity index (χ4v) is 5.14. The van der Waals surface area contributed by atoms with E-state index >= 15 is 0 Å². The summed E-state index contributed by atoms with van der Waals surface area (Å²) in [6.07, 6.45) is 30.2. The van der Waals surface area contributed by atoms with Gasteiger partial charge in [0.05, 0.1) is 0 Å². The SMILES string of the molecule is C=CCCC1CCC(/C=C/CCC2CCC(CCCCC)CC2)CC1. The molecule has 0 N–H and O–H groups in total. The summed E-state index contributed by atoms with van der Waals surface area (Å²) in [5.41, 5.74) is 0. The van der Waals surface area contributed by atoms with Crippen molar-refractivity contribution >= 4 is 0 Å². The zero-order valence-electron chi connectivity index (χ0n) is 17.1. The lowest BCUT2D eigenvalue weighted by atomic mass is 9.78. The van der Waals surface area contributed by atoms with Gasteiger partial charge in [0.25, 0.3) is 0 Å². The van der Waals surface area contributed by atoms with Crippen molar-refractivity contribution in [1.82, 2.24) is 0 Å². The van der Waals surface area contributed by atoms with Gasteiger partial charge in [0, 0.05) is 0 Å². The molecule has 0 amide bonds. The van der Waals surface area contributed by atoms with E-state index < -0.39 is 0 Å². The quantitative estimate of drug-likeness (QED) is 0.260. The normalized spacial score (nSPS) is 30.6. The summed E-state index contributed by atoms with van der Waals surface area (Å²) in [5.74, 6) is 3.96. The maximum atomic E-state index is 3.86. The van der Waals surface area contributed by atoms with Crippen molar-refractivity contribution in [2.75, 3.05) is 0 Å². The molecule has 0 heteroatoms. The Kier molecular flexibility index (Phi) is 10.6. The third-order valence-electron chi connectivity index (χ3n) is 7.00. The van der Waals surface area contributed by atoms with E-state index in [4.69, 9.17) is 0 Å². The lowest BCUT2D eigenvalue weighted by molar-refractivity contribution is 0.249. The van der Waals surface area contributed by atoms with Gasteiger partial charge in [-0.3, -0.25) is 0 Å². The third-order valence-corrected chi connectivity index (χ3v) is 7.00. The second kappa shape index (κ2) is 12.8. The van der Waals surface area contributed by atoms with E-state index in [1.807, 2.05) is 0 Å². The first-order chi connectivity index (χ1) is 12.3. The molecule has 2 aliphatic carbocycles. The van der Waals surface area contributed by atoms with Crippen LogP contribution >= 0.6 is 0 Å². The number of allylic oxidation sites excluding steroid dienone is 3. The summed E-state index contributed by atoms with van der Waals surface area (Å²) < 4.78 is 0. The Bertz CT molecular complexity index is 350. The molecule has 144 valence electrons. The van der Waals surface area contributed by atoms with Crippen molar-refractivity contribution < 1.29 is 0 Å². The lowest BCUT2D eigenvalue weighted by Gasteiger charge is -2.28. The molecule has 0 spiro atoms. The Hall–Kier alpha value is -0.520. The van der Waals surface area contributed by atoms with Gasteiger partial charge in [-0.25, -0.2) is 0 Å². The zero-order valence-corrected chi connectivity index (χ0v) is 17.1. The van der Waals surface area contributed by atoms with Crippen LogP contribution in [0.4, 0.5) is 0 Å². The average molecular weight is 345 g/mol. The molecule has 2 fully saturated rings. The fraction of sp³-hybridized carbons (Fsp3) is 0.840. The van der Waals surface area contributed by atoms with E-state index in [0.717, 1.165) is 23.7 Å². The van der Waals surface area contributed by atoms with E-state index in [-0.39, 0.29) is 0 Å². The van der Waals surface area contributed by atoms with E-state index in [2.05, 4.69) is 31.7 Å². The Morgan fingerprint density at radius 3 is 1.88 bits per heavy atom. The lowest BCUT2D eigenvalue weighted by Crippen LogP contribution is -2.14. The summed E-state index contributed by atoms with van der Waals surface area (Å²) in [4.78, 5) is 0. The van der Waals surface area contributed by atoms with Crippen LogP contribution in [0.25, 0.3) is 0 Å². The number of unbranched alkanes of at least 4 members (excludes halogenated alkanes) is 2. The molecule has 0 aliphatic heterocycles. The molecule has 0 atom stereocenters. The third kappa shape index (κ3) is 8.61. The standard InChI is InChI=1S/C25H44/c1-3-5-7-11-23-18-20-25(21-19-23)13-9-8-12-24-16-14-22(15-17-24)10-6-4-2/h4,8,12,22-25H,2-3,5-7,9-11,13-21H2,1H3/b12-8+. The predicted molar refractivity (Wildman–Crippen MR) is 113 cm³/mol. The van der Waals surface area contributed by atoms with Crippen LogP contribution in [0.1, 0.15) is 110 Å². The van der Waals surface area contributed by atoms with Gasteiger partial charge < -0.3 is 0 Å². The van der Waals surface area contributed by atoms with Gasteiger partial charge in [-0.05, 0) is 75.0 Å². The maximum absolute atomic E-state index is 3.86. The molecule has 0 heterocycles. The van der Waals surface area contributed by atoms with Crippen LogP contribution in [-0.4, -0.2) is 0 Å². The maximum Gasteiger partial charge on any atom is -0.0233 e. The van der Waals surface area contributed by atoms with E-state index in [9.17, 15) is 0 Å². The zero-order chi connectivity index (χ0) is 17.7. The van der Waals surface area contributed by atoms with Gasteiger partial charge in [-0.2, -0.15) is 0 Å². The van der Waals surface area contributed by atoms with Crippen molar-refractivity contribution in [3.05, 3.63) is 24.8 Å². The minimum Gasteiger partial charge on any atom is -0.103 e. The Morgan fingerprint density at radius 1 is 0.720 bits per heavy atom. The summed E-state index contributed by atoms with van der Waals surface area (Å²) >= 11 is 0. The molecule has 2 aliphatic rings. The highest BCUT2D eigenvalue weighted by atomic mass is 14.3. The van der Waals surface area contributed by atoms with Crippen LogP contribution < -0.4 is 0 Å². The van der Waals surface area contributed by atoms with Crippen LogP contribution in [-0.2, 0) is 0 Å². The molecule has 0 bridgehead atoms. The van der Waals surface area contributed by atoms with Gasteiger partial charge in [0.2, 0.25) is 0 Å². The second-order valence-electron chi connectivity index (χ2n) is 9.03. The molecule has 0 aromatic heterocycles. The molecule has 25 heavy (non-hydrogen) atoms. The first kappa shape index (κ1) is 20.8. The topological polar surface area (TPSA) is 0 Å². The summed E-state index contributed by atoms with van der Waals surface area (Å²) in [5, 5.41) is 0. The van der Waals surface area contributed by atoms with E-state index in [0.29, 0.717) is 0 Å². The molecule has 0 nitrogen and oxygen atoms in total. The molecule has 0 saturated heterocycles. The molecule has 0 aromatic rings. The highest BCUT2D eigenvalue weighted by molar-refractivity contribution is 4.92. The average Bonchev–Trinajstić information content (AvgIpc) is 2.66. The van der Waals surface area contributed by atoms with Crippen LogP contribution in [0, 0.1) is 23.7 Å². The van der Waals surface area contributed by atoms with Crippen LogP contribution in [0.3, 0.4) is 0 Å². The molecular formula is C25H44. The molecule has 2 rings (SSSR count). The summed E-state index contributed by atoms with van der Waals surface area (Å²) in [7, 11) is 0. The first-order valence-electron chi connectivity index (χ1n) is 11.6. The summed E-state index contributed by atoms with van der Waals surface area (Å²) in [6, 6.07) is 0. The van der Waals surface area contributed by atoms with E-state index in [1.54, 1.807) is 0 Å². The predicted octanol–water partition coefficient (Wildman–Crippen LogP) is 8.48. The highest BCUT2D eigenvalue weighted by Gasteiger charge is 2.21. The van der Waals surface area contributed by atoms with Crippen LogP contribution in [0.15, 0.2) is 24.8 Å². The van der Waals surface area contributed by atoms with Crippen LogP contribution in [0.2, 0.25) is 0 Å². The van der Waals surface area contributed by atoms with Gasteiger partial charge in [0.1, 0.15) is 0 Å². The highest BCUT2D eigenvalue weighted by Crippen LogP contribution is 2.35. The first-order valence-corrected chi connectivity index (χ1v) is 11.6. The Labute approximate surface area is 158 Å². The van der Waals surface area contributed by atoms with Crippen molar-refractivity contribution in [2.24, 2.45) is 23.7 Å².